The minimum atomic E-state index is -0.798. The third-order valence-corrected chi connectivity index (χ3v) is 12.3. The van der Waals surface area contributed by atoms with Gasteiger partial charge in [-0.2, -0.15) is 5.01 Å². The third-order valence-electron chi connectivity index (χ3n) is 8.59. The molecule has 2 aliphatic carbocycles. The number of carbonyl (C=O) groups excluding carboxylic acids is 5. The lowest BCUT2D eigenvalue weighted by atomic mass is 9.81. The van der Waals surface area contributed by atoms with Crippen molar-refractivity contribution in [2.24, 2.45) is 23.7 Å². The average molecular weight is 779 g/mol. The average Bonchev–Trinajstić information content (AvgIpc) is 3.64. The second-order valence-electron chi connectivity index (χ2n) is 11.0. The number of hydrogen-bond acceptors (Lipinski definition) is 7. The number of methoxy groups -OCH3 is 1. The second-order valence-corrected chi connectivity index (χ2v) is 14.0. The Morgan fingerprint density at radius 3 is 2.11 bits per heavy atom. The molecule has 3 aromatic carbocycles. The van der Waals surface area contributed by atoms with Crippen LogP contribution in [0.15, 0.2) is 66.7 Å². The molecule has 6 atom stereocenters. The topological polar surface area (TPSA) is 110 Å². The van der Waals surface area contributed by atoms with Gasteiger partial charge in [-0.15, -0.1) is 0 Å². The SMILES string of the molecule is COc1cccc(C(=O)Oc2ccc(C(=O)CN(C(=O)c3ccc(Cl)cc3Cl)N3C(=O)[C@@H]4[C@H]5C[C@@H]([C@@H](Br)[C@H]5Br)[C@H]4C3=O)cc2)c1. The van der Waals surface area contributed by atoms with E-state index in [9.17, 15) is 24.0 Å². The predicted octanol–water partition coefficient (Wildman–Crippen LogP) is 6.24. The number of imide groups is 1. The molecule has 9 nitrogen and oxygen atoms in total. The Labute approximate surface area is 285 Å². The van der Waals surface area contributed by atoms with Crippen molar-refractivity contribution >= 4 is 84.5 Å². The van der Waals surface area contributed by atoms with E-state index in [2.05, 4.69) is 31.9 Å². The van der Waals surface area contributed by atoms with Crippen molar-refractivity contribution in [3.05, 3.63) is 93.5 Å². The van der Waals surface area contributed by atoms with Gasteiger partial charge in [0.2, 0.25) is 0 Å². The number of ketones is 1. The molecule has 0 N–H and O–H groups in total. The fourth-order valence-corrected chi connectivity index (χ4v) is 8.82. The lowest BCUT2D eigenvalue weighted by Gasteiger charge is -2.31. The summed E-state index contributed by atoms with van der Waals surface area (Å²) in [5.41, 5.74) is 0.419. The van der Waals surface area contributed by atoms with Gasteiger partial charge in [-0.25, -0.2) is 9.80 Å². The first kappa shape index (κ1) is 31.7. The van der Waals surface area contributed by atoms with E-state index in [1.54, 1.807) is 18.2 Å². The molecule has 2 saturated carbocycles. The van der Waals surface area contributed by atoms with Gasteiger partial charge in [0, 0.05) is 20.2 Å². The molecule has 0 aromatic heterocycles. The Bertz CT molecular complexity index is 1700. The smallest absolute Gasteiger partial charge is 0.343 e. The number of halogens is 4. The number of benzene rings is 3. The molecular weight excluding hydrogens is 755 g/mol. The summed E-state index contributed by atoms with van der Waals surface area (Å²) in [5.74, 6) is -3.74. The van der Waals surface area contributed by atoms with E-state index in [4.69, 9.17) is 32.7 Å². The summed E-state index contributed by atoms with van der Waals surface area (Å²) >= 11 is 19.7. The Kier molecular flexibility index (Phi) is 8.82. The van der Waals surface area contributed by atoms with E-state index < -0.39 is 47.9 Å². The molecular formula is C32H24Br2Cl2N2O7. The van der Waals surface area contributed by atoms with Gasteiger partial charge in [-0.1, -0.05) is 61.1 Å². The van der Waals surface area contributed by atoms with Gasteiger partial charge in [0.15, 0.2) is 5.78 Å². The Hall–Kier alpha value is -3.25. The maximum Gasteiger partial charge on any atom is 0.343 e. The van der Waals surface area contributed by atoms with Crippen LogP contribution in [0.1, 0.15) is 37.5 Å². The quantitative estimate of drug-likeness (QED) is 0.0876. The van der Waals surface area contributed by atoms with Crippen molar-refractivity contribution in [2.75, 3.05) is 13.7 Å². The number of fused-ring (bicyclic) bond motifs is 5. The highest BCUT2D eigenvalue weighted by atomic mass is 79.9. The highest BCUT2D eigenvalue weighted by Crippen LogP contribution is 2.60. The van der Waals surface area contributed by atoms with E-state index >= 15 is 0 Å². The summed E-state index contributed by atoms with van der Waals surface area (Å²) in [6, 6.07) is 16.4. The van der Waals surface area contributed by atoms with Crippen molar-refractivity contribution in [3.8, 4) is 11.5 Å². The number of esters is 1. The van der Waals surface area contributed by atoms with Gasteiger partial charge < -0.3 is 9.47 Å². The number of alkyl halides is 2. The van der Waals surface area contributed by atoms with Crippen molar-refractivity contribution < 1.29 is 33.4 Å². The number of hydrogen-bond donors (Lipinski definition) is 0. The number of ether oxygens (including phenoxy) is 2. The standard InChI is InChI=1S/C32H24Br2Cl2N2O7/c1-44-19-4-2-3-16(11-19)32(43)45-18-8-5-15(6-9-18)24(39)14-37(29(40)20-10-7-17(35)12-23(20)36)38-30(41)25-21-13-22(26(25)31(38)42)28(34)27(21)33/h2-12,21-22,25-28H,13-14H2,1H3/t21-,22-,25-,26-,27-,28+/m1/s1. The van der Waals surface area contributed by atoms with Crippen LogP contribution >= 0.6 is 55.1 Å². The molecule has 45 heavy (non-hydrogen) atoms. The molecule has 1 heterocycles. The van der Waals surface area contributed by atoms with Gasteiger partial charge in [0.25, 0.3) is 17.7 Å². The summed E-state index contributed by atoms with van der Waals surface area (Å²) in [5, 5.41) is 2.00. The number of Topliss-reactive ketones (excluding diaryl/α,β-unsaturated/α-hetero) is 1. The molecule has 13 heteroatoms. The van der Waals surface area contributed by atoms with Crippen LogP contribution in [0.25, 0.3) is 0 Å². The van der Waals surface area contributed by atoms with E-state index in [1.165, 1.54) is 55.6 Å². The van der Waals surface area contributed by atoms with Gasteiger partial charge in [0.1, 0.15) is 18.0 Å². The molecule has 1 saturated heterocycles. The van der Waals surface area contributed by atoms with Crippen LogP contribution in [0.4, 0.5) is 0 Å². The van der Waals surface area contributed by atoms with Crippen LogP contribution in [0.3, 0.4) is 0 Å². The molecule has 2 bridgehead atoms. The van der Waals surface area contributed by atoms with Crippen LogP contribution in [0.2, 0.25) is 10.0 Å². The largest absolute Gasteiger partial charge is 0.497 e. The maximum atomic E-state index is 13.9. The zero-order chi connectivity index (χ0) is 32.2. The van der Waals surface area contributed by atoms with Crippen molar-refractivity contribution in [1.29, 1.82) is 0 Å². The summed E-state index contributed by atoms with van der Waals surface area (Å²) < 4.78 is 10.6. The molecule has 0 spiro atoms. The zero-order valence-corrected chi connectivity index (χ0v) is 28.2. The zero-order valence-electron chi connectivity index (χ0n) is 23.5. The normalized spacial score (nSPS) is 24.9. The van der Waals surface area contributed by atoms with E-state index in [1.807, 2.05) is 0 Å². The molecule has 232 valence electrons. The lowest BCUT2D eigenvalue weighted by Crippen LogP contribution is -2.52. The Morgan fingerprint density at radius 2 is 1.51 bits per heavy atom. The fourth-order valence-electron chi connectivity index (χ4n) is 6.46. The van der Waals surface area contributed by atoms with Crippen LogP contribution in [0.5, 0.6) is 11.5 Å². The number of amides is 3. The molecule has 3 aromatic rings. The third kappa shape index (κ3) is 5.68. The summed E-state index contributed by atoms with van der Waals surface area (Å²) in [7, 11) is 1.49. The van der Waals surface area contributed by atoms with Gasteiger partial charge >= 0.3 is 5.97 Å². The Morgan fingerprint density at radius 1 is 0.867 bits per heavy atom. The summed E-state index contributed by atoms with van der Waals surface area (Å²) in [4.78, 5) is 67.8. The van der Waals surface area contributed by atoms with Gasteiger partial charge in [-0.3, -0.25) is 19.2 Å². The first-order valence-corrected chi connectivity index (χ1v) is 16.5. The Balaban J connectivity index is 1.25. The number of carbonyl (C=O) groups is 5. The van der Waals surface area contributed by atoms with Gasteiger partial charge in [-0.05, 0) is 78.9 Å². The first-order chi connectivity index (χ1) is 21.5. The van der Waals surface area contributed by atoms with E-state index in [0.717, 1.165) is 10.0 Å². The molecule has 1 aliphatic heterocycles. The molecule has 3 amide bonds. The number of nitrogens with zero attached hydrogens (tertiary/aromatic N) is 2. The van der Waals surface area contributed by atoms with Crippen molar-refractivity contribution in [2.45, 2.75) is 16.1 Å². The lowest BCUT2D eigenvalue weighted by molar-refractivity contribution is -0.154. The molecule has 3 aliphatic rings. The maximum absolute atomic E-state index is 13.9. The summed E-state index contributed by atoms with van der Waals surface area (Å²) in [6.45, 7) is -0.623. The van der Waals surface area contributed by atoms with Crippen LogP contribution < -0.4 is 9.47 Å². The second kappa shape index (κ2) is 12.5. The van der Waals surface area contributed by atoms with E-state index in [-0.39, 0.29) is 54.0 Å². The summed E-state index contributed by atoms with van der Waals surface area (Å²) in [6.07, 6.45) is 0.705. The van der Waals surface area contributed by atoms with Crippen LogP contribution in [0, 0.1) is 23.7 Å². The molecule has 0 unspecified atom stereocenters. The van der Waals surface area contributed by atoms with Crippen molar-refractivity contribution in [1.82, 2.24) is 10.0 Å². The van der Waals surface area contributed by atoms with Crippen LogP contribution in [-0.4, -0.2) is 62.8 Å². The monoisotopic (exact) mass is 776 g/mol. The minimum absolute atomic E-state index is 0.00604. The highest BCUT2D eigenvalue weighted by Gasteiger charge is 2.67. The molecule has 0 radical (unpaired) electrons. The predicted molar refractivity (Wildman–Crippen MR) is 172 cm³/mol. The van der Waals surface area contributed by atoms with Gasteiger partial charge in [0.05, 0.1) is 35.1 Å². The molecule has 6 rings (SSSR count). The number of hydrazine groups is 1. The first-order valence-electron chi connectivity index (χ1n) is 13.9. The van der Waals surface area contributed by atoms with Crippen LogP contribution in [-0.2, 0) is 9.59 Å². The van der Waals surface area contributed by atoms with Crippen molar-refractivity contribution in [3.63, 3.8) is 0 Å². The number of rotatable bonds is 8. The minimum Gasteiger partial charge on any atom is -0.497 e. The molecule has 3 fully saturated rings. The van der Waals surface area contributed by atoms with E-state index in [0.29, 0.717) is 12.2 Å². The fraction of sp³-hybridized carbons (Fsp3) is 0.281. The highest BCUT2D eigenvalue weighted by molar-refractivity contribution is 9.12.